The zero-order valence-electron chi connectivity index (χ0n) is 9.78. The van der Waals surface area contributed by atoms with Crippen molar-refractivity contribution in [3.05, 3.63) is 0 Å². The summed E-state index contributed by atoms with van der Waals surface area (Å²) in [7, 11) is 0. The molecule has 3 saturated carbocycles. The Morgan fingerprint density at radius 2 is 1.75 bits per heavy atom. The summed E-state index contributed by atoms with van der Waals surface area (Å²) < 4.78 is 12.1. The molecular weight excluding hydrogens is 202 g/mol. The highest BCUT2D eigenvalue weighted by Crippen LogP contribution is 2.60. The van der Waals surface area contributed by atoms with Crippen LogP contribution in [0.5, 0.6) is 0 Å². The maximum Gasteiger partial charge on any atom is 0.174 e. The van der Waals surface area contributed by atoms with Gasteiger partial charge < -0.3 is 15.2 Å². The molecule has 4 aliphatic rings. The van der Waals surface area contributed by atoms with Gasteiger partial charge in [-0.3, -0.25) is 0 Å². The Balaban J connectivity index is 1.77. The molecule has 0 aromatic carbocycles. The second-order valence-electron chi connectivity index (χ2n) is 6.31. The smallest absolute Gasteiger partial charge is 0.174 e. The highest BCUT2D eigenvalue weighted by atomic mass is 16.7. The highest BCUT2D eigenvalue weighted by Gasteiger charge is 2.63. The molecule has 0 aromatic rings. The van der Waals surface area contributed by atoms with E-state index in [-0.39, 0.29) is 11.3 Å². The highest BCUT2D eigenvalue weighted by molar-refractivity contribution is 5.12. The third-order valence-electron chi connectivity index (χ3n) is 5.65. The molecule has 4 fully saturated rings. The molecule has 16 heavy (non-hydrogen) atoms. The van der Waals surface area contributed by atoms with Gasteiger partial charge in [-0.25, -0.2) is 0 Å². The van der Waals surface area contributed by atoms with E-state index >= 15 is 0 Å². The van der Waals surface area contributed by atoms with Crippen LogP contribution in [0, 0.1) is 17.8 Å². The van der Waals surface area contributed by atoms with Crippen LogP contribution < -0.4 is 5.73 Å². The summed E-state index contributed by atoms with van der Waals surface area (Å²) in [6.45, 7) is 1.57. The molecule has 3 nitrogen and oxygen atoms in total. The predicted molar refractivity (Wildman–Crippen MR) is 59.7 cm³/mol. The van der Waals surface area contributed by atoms with Crippen molar-refractivity contribution in [2.45, 2.75) is 49.9 Å². The largest absolute Gasteiger partial charge is 0.347 e. The summed E-state index contributed by atoms with van der Waals surface area (Å²) >= 11 is 0. The van der Waals surface area contributed by atoms with Crippen LogP contribution in [0.2, 0.25) is 0 Å². The quantitative estimate of drug-likeness (QED) is 0.679. The van der Waals surface area contributed by atoms with Crippen LogP contribution in [-0.4, -0.2) is 24.5 Å². The molecule has 1 spiro atoms. The van der Waals surface area contributed by atoms with Crippen LogP contribution in [0.15, 0.2) is 0 Å². The summed E-state index contributed by atoms with van der Waals surface area (Å²) in [5.41, 5.74) is 6.73. The van der Waals surface area contributed by atoms with Crippen molar-refractivity contribution >= 4 is 0 Å². The van der Waals surface area contributed by atoms with Crippen LogP contribution in [0.1, 0.15) is 38.5 Å². The Bertz CT molecular complexity index is 309. The molecule has 1 heterocycles. The maximum atomic E-state index is 6.62. The van der Waals surface area contributed by atoms with Crippen molar-refractivity contribution in [2.24, 2.45) is 23.5 Å². The summed E-state index contributed by atoms with van der Waals surface area (Å²) in [5.74, 6) is 1.71. The van der Waals surface area contributed by atoms with Gasteiger partial charge in [-0.15, -0.1) is 0 Å². The minimum absolute atomic E-state index is 0.109. The third-order valence-corrected chi connectivity index (χ3v) is 5.65. The number of fused-ring (bicyclic) bond motifs is 4. The van der Waals surface area contributed by atoms with Gasteiger partial charge in [-0.2, -0.15) is 0 Å². The molecule has 2 N–H and O–H groups in total. The monoisotopic (exact) mass is 223 g/mol. The number of nitrogens with two attached hydrogens (primary N) is 1. The zero-order valence-corrected chi connectivity index (χ0v) is 9.78. The number of hydrogen-bond acceptors (Lipinski definition) is 3. The van der Waals surface area contributed by atoms with Gasteiger partial charge in [0.05, 0.1) is 13.2 Å². The molecule has 0 aromatic heterocycles. The van der Waals surface area contributed by atoms with Crippen molar-refractivity contribution in [3.63, 3.8) is 0 Å². The van der Waals surface area contributed by atoms with E-state index in [9.17, 15) is 0 Å². The lowest BCUT2D eigenvalue weighted by Gasteiger charge is -2.43. The van der Waals surface area contributed by atoms with Gasteiger partial charge in [0.1, 0.15) is 0 Å². The lowest BCUT2D eigenvalue weighted by Crippen LogP contribution is -2.48. The Morgan fingerprint density at radius 1 is 1.00 bits per heavy atom. The van der Waals surface area contributed by atoms with E-state index in [0.717, 1.165) is 25.6 Å². The Labute approximate surface area is 96.7 Å². The lowest BCUT2D eigenvalue weighted by atomic mass is 9.74. The SMILES string of the molecule is N[C@@]12CCC[C@H]3CC1C[C@H](C2)C31OCCO1. The van der Waals surface area contributed by atoms with Crippen LogP contribution in [0.25, 0.3) is 0 Å². The average Bonchev–Trinajstić information content (AvgIpc) is 2.79. The van der Waals surface area contributed by atoms with Crippen LogP contribution in [-0.2, 0) is 9.47 Å². The van der Waals surface area contributed by atoms with Crippen molar-refractivity contribution in [1.82, 2.24) is 0 Å². The van der Waals surface area contributed by atoms with Gasteiger partial charge in [0.2, 0.25) is 0 Å². The molecule has 3 bridgehead atoms. The second-order valence-corrected chi connectivity index (χ2v) is 6.31. The van der Waals surface area contributed by atoms with E-state index in [1.807, 2.05) is 0 Å². The van der Waals surface area contributed by atoms with Gasteiger partial charge in [0.15, 0.2) is 5.79 Å². The minimum Gasteiger partial charge on any atom is -0.347 e. The standard InChI is InChI=1S/C13H21NO2/c14-12-3-1-2-9-6-10(12)7-11(8-12)13(9)15-4-5-16-13/h9-11H,1-8,14H2/t9-,10?,11+,12+/m0/s1. The van der Waals surface area contributed by atoms with Gasteiger partial charge in [-0.05, 0) is 38.0 Å². The molecule has 4 atom stereocenters. The van der Waals surface area contributed by atoms with Gasteiger partial charge >= 0.3 is 0 Å². The fraction of sp³-hybridized carbons (Fsp3) is 1.00. The van der Waals surface area contributed by atoms with E-state index in [0.29, 0.717) is 11.8 Å². The number of ether oxygens (including phenoxy) is 2. The van der Waals surface area contributed by atoms with Crippen LogP contribution in [0.4, 0.5) is 0 Å². The van der Waals surface area contributed by atoms with E-state index in [2.05, 4.69) is 0 Å². The number of hydrogen-bond donors (Lipinski definition) is 1. The summed E-state index contributed by atoms with van der Waals surface area (Å²) in [6.07, 6.45) is 7.36. The first-order valence-corrected chi connectivity index (χ1v) is 6.80. The zero-order chi connectivity index (χ0) is 10.8. The van der Waals surface area contributed by atoms with Crippen LogP contribution in [0.3, 0.4) is 0 Å². The molecule has 3 heteroatoms. The fourth-order valence-electron chi connectivity index (χ4n) is 4.98. The maximum absolute atomic E-state index is 6.62. The summed E-state index contributed by atoms with van der Waals surface area (Å²) in [4.78, 5) is 0. The second kappa shape index (κ2) is 3.01. The first-order chi connectivity index (χ1) is 7.73. The van der Waals surface area contributed by atoms with Gasteiger partial charge in [0, 0.05) is 17.4 Å². The van der Waals surface area contributed by atoms with Crippen molar-refractivity contribution in [1.29, 1.82) is 0 Å². The Kier molecular flexibility index (Phi) is 1.85. The molecule has 1 aliphatic heterocycles. The van der Waals surface area contributed by atoms with Gasteiger partial charge in [-0.1, -0.05) is 6.42 Å². The topological polar surface area (TPSA) is 44.5 Å². The van der Waals surface area contributed by atoms with Gasteiger partial charge in [0.25, 0.3) is 0 Å². The molecular formula is C13H21NO2. The first-order valence-electron chi connectivity index (χ1n) is 6.80. The predicted octanol–water partition coefficient (Wildman–Crippen LogP) is 1.66. The van der Waals surface area contributed by atoms with Crippen molar-refractivity contribution < 1.29 is 9.47 Å². The summed E-state index contributed by atoms with van der Waals surface area (Å²) in [6, 6.07) is 0. The molecule has 1 saturated heterocycles. The third kappa shape index (κ3) is 1.05. The lowest BCUT2D eigenvalue weighted by molar-refractivity contribution is -0.244. The molecule has 3 aliphatic carbocycles. The fourth-order valence-corrected chi connectivity index (χ4v) is 4.98. The van der Waals surface area contributed by atoms with E-state index in [1.54, 1.807) is 0 Å². The van der Waals surface area contributed by atoms with Crippen LogP contribution >= 0.6 is 0 Å². The molecule has 1 unspecified atom stereocenters. The van der Waals surface area contributed by atoms with E-state index < -0.39 is 0 Å². The Hall–Kier alpha value is -0.120. The minimum atomic E-state index is -0.224. The van der Waals surface area contributed by atoms with Crippen molar-refractivity contribution in [2.75, 3.05) is 13.2 Å². The molecule has 0 radical (unpaired) electrons. The normalized spacial score (nSPS) is 53.4. The molecule has 0 amide bonds. The first kappa shape index (κ1) is 9.86. The molecule has 4 rings (SSSR count). The number of rotatable bonds is 0. The van der Waals surface area contributed by atoms with Crippen molar-refractivity contribution in [3.8, 4) is 0 Å². The van der Waals surface area contributed by atoms with E-state index in [1.165, 1.54) is 32.1 Å². The Morgan fingerprint density at radius 3 is 2.56 bits per heavy atom. The van der Waals surface area contributed by atoms with E-state index in [4.69, 9.17) is 15.2 Å². The molecule has 90 valence electrons. The summed E-state index contributed by atoms with van der Waals surface area (Å²) in [5, 5.41) is 0. The average molecular weight is 223 g/mol.